The van der Waals surface area contributed by atoms with Gasteiger partial charge in [0.2, 0.25) is 0 Å². The van der Waals surface area contributed by atoms with Gasteiger partial charge in [-0.3, -0.25) is 0 Å². The first-order valence-corrected chi connectivity index (χ1v) is 7.62. The van der Waals surface area contributed by atoms with Crippen LogP contribution in [0, 0.1) is 0 Å². The van der Waals surface area contributed by atoms with Gasteiger partial charge in [0.15, 0.2) is 0 Å². The van der Waals surface area contributed by atoms with Crippen molar-refractivity contribution in [3.8, 4) is 5.75 Å². The molecule has 0 radical (unpaired) electrons. The molecule has 0 bridgehead atoms. The zero-order valence-electron chi connectivity index (χ0n) is 10.8. The minimum absolute atomic E-state index is 0.315. The molecule has 0 aliphatic rings. The highest BCUT2D eigenvalue weighted by atomic mass is 127. The molecule has 1 N–H and O–H groups in total. The van der Waals surface area contributed by atoms with Gasteiger partial charge >= 0.3 is 0 Å². The average molecular weight is 372 g/mol. The third-order valence-electron chi connectivity index (χ3n) is 3.37. The van der Waals surface area contributed by atoms with Gasteiger partial charge in [0, 0.05) is 5.56 Å². The lowest BCUT2D eigenvalue weighted by atomic mass is 9.93. The number of hydrogen-bond acceptors (Lipinski definition) is 1. The maximum absolute atomic E-state index is 10.3. The SMILES string of the molecule is Oc1ccc2ccccc2c1/C(=C/I)c1ccccc1. The van der Waals surface area contributed by atoms with E-state index in [4.69, 9.17) is 0 Å². The van der Waals surface area contributed by atoms with Crippen LogP contribution in [-0.2, 0) is 0 Å². The van der Waals surface area contributed by atoms with Crippen molar-refractivity contribution in [1.29, 1.82) is 0 Å². The van der Waals surface area contributed by atoms with Crippen LogP contribution in [0.25, 0.3) is 16.3 Å². The topological polar surface area (TPSA) is 20.2 Å². The minimum atomic E-state index is 0.315. The number of aromatic hydroxyl groups is 1. The van der Waals surface area contributed by atoms with Crippen molar-refractivity contribution in [1.82, 2.24) is 0 Å². The predicted octanol–water partition coefficient (Wildman–Crippen LogP) is 5.37. The molecule has 0 heterocycles. The molecule has 0 aliphatic heterocycles. The second-order valence-electron chi connectivity index (χ2n) is 4.57. The summed E-state index contributed by atoms with van der Waals surface area (Å²) in [6.45, 7) is 0. The Morgan fingerprint density at radius 2 is 1.55 bits per heavy atom. The van der Waals surface area contributed by atoms with E-state index in [9.17, 15) is 5.11 Å². The van der Waals surface area contributed by atoms with E-state index < -0.39 is 0 Å². The fraction of sp³-hybridized carbons (Fsp3) is 0. The Morgan fingerprint density at radius 1 is 0.850 bits per heavy atom. The van der Waals surface area contributed by atoms with Crippen molar-refractivity contribution < 1.29 is 5.11 Å². The lowest BCUT2D eigenvalue weighted by Gasteiger charge is -2.13. The summed E-state index contributed by atoms with van der Waals surface area (Å²) >= 11 is 2.23. The first-order chi connectivity index (χ1) is 9.81. The van der Waals surface area contributed by atoms with Gasteiger partial charge < -0.3 is 5.11 Å². The highest BCUT2D eigenvalue weighted by Crippen LogP contribution is 2.37. The maximum Gasteiger partial charge on any atom is 0.124 e. The quantitative estimate of drug-likeness (QED) is 0.600. The molecule has 0 aliphatic carbocycles. The van der Waals surface area contributed by atoms with Gasteiger partial charge in [-0.25, -0.2) is 0 Å². The number of phenols is 1. The number of benzene rings is 3. The lowest BCUT2D eigenvalue weighted by Crippen LogP contribution is -1.90. The van der Waals surface area contributed by atoms with E-state index in [1.807, 2.05) is 46.5 Å². The lowest BCUT2D eigenvalue weighted by molar-refractivity contribution is 0.474. The number of fused-ring (bicyclic) bond motifs is 1. The molecular formula is C18H13IO. The standard InChI is InChI=1S/C18H13IO/c19-12-16(13-6-2-1-3-7-13)18-15-9-5-4-8-14(15)10-11-17(18)20/h1-12,20H/b16-12+. The van der Waals surface area contributed by atoms with Crippen LogP contribution in [0.1, 0.15) is 11.1 Å². The largest absolute Gasteiger partial charge is 0.507 e. The minimum Gasteiger partial charge on any atom is -0.507 e. The Morgan fingerprint density at radius 3 is 2.30 bits per heavy atom. The second kappa shape index (κ2) is 5.67. The highest BCUT2D eigenvalue weighted by molar-refractivity contribution is 14.1. The molecule has 0 fully saturated rings. The summed E-state index contributed by atoms with van der Waals surface area (Å²) in [7, 11) is 0. The van der Waals surface area contributed by atoms with E-state index in [0.29, 0.717) is 5.75 Å². The summed E-state index contributed by atoms with van der Waals surface area (Å²) in [5.41, 5.74) is 3.04. The van der Waals surface area contributed by atoms with Gasteiger partial charge in [-0.05, 0) is 32.1 Å². The number of rotatable bonds is 2. The average Bonchev–Trinajstić information content (AvgIpc) is 2.51. The summed E-state index contributed by atoms with van der Waals surface area (Å²) in [6, 6.07) is 22.0. The van der Waals surface area contributed by atoms with Crippen molar-refractivity contribution >= 4 is 38.9 Å². The van der Waals surface area contributed by atoms with Crippen molar-refractivity contribution in [2.75, 3.05) is 0 Å². The third-order valence-corrected chi connectivity index (χ3v) is 3.99. The van der Waals surface area contributed by atoms with Crippen LogP contribution < -0.4 is 0 Å². The molecule has 3 aromatic rings. The molecule has 1 nitrogen and oxygen atoms in total. The summed E-state index contributed by atoms with van der Waals surface area (Å²) in [4.78, 5) is 0. The molecular weight excluding hydrogens is 359 g/mol. The zero-order valence-corrected chi connectivity index (χ0v) is 12.9. The fourth-order valence-electron chi connectivity index (χ4n) is 2.42. The fourth-order valence-corrected chi connectivity index (χ4v) is 3.09. The zero-order chi connectivity index (χ0) is 13.9. The second-order valence-corrected chi connectivity index (χ2v) is 5.19. The highest BCUT2D eigenvalue weighted by Gasteiger charge is 2.12. The molecule has 0 unspecified atom stereocenters. The molecule has 2 heteroatoms. The van der Waals surface area contributed by atoms with Crippen LogP contribution in [0.3, 0.4) is 0 Å². The molecule has 98 valence electrons. The number of halogens is 1. The molecule has 0 amide bonds. The first kappa shape index (κ1) is 13.2. The molecule has 20 heavy (non-hydrogen) atoms. The van der Waals surface area contributed by atoms with Crippen molar-refractivity contribution in [2.24, 2.45) is 0 Å². The summed E-state index contributed by atoms with van der Waals surface area (Å²) in [6.07, 6.45) is 0. The normalized spacial score (nSPS) is 11.8. The Hall–Kier alpha value is -1.81. The molecule has 0 spiro atoms. The van der Waals surface area contributed by atoms with Gasteiger partial charge in [0.1, 0.15) is 5.75 Å². The van der Waals surface area contributed by atoms with Crippen LogP contribution >= 0.6 is 22.6 Å². The van der Waals surface area contributed by atoms with E-state index in [2.05, 4.69) is 40.8 Å². The van der Waals surface area contributed by atoms with Crippen molar-refractivity contribution in [2.45, 2.75) is 0 Å². The van der Waals surface area contributed by atoms with E-state index in [1.54, 1.807) is 6.07 Å². The summed E-state index contributed by atoms with van der Waals surface area (Å²) in [5.74, 6) is 0.315. The van der Waals surface area contributed by atoms with Crippen molar-refractivity contribution in [3.63, 3.8) is 0 Å². The summed E-state index contributed by atoms with van der Waals surface area (Å²) in [5, 5.41) is 12.5. The van der Waals surface area contributed by atoms with E-state index in [0.717, 1.165) is 27.5 Å². The Bertz CT molecular complexity index is 776. The molecule has 3 rings (SSSR count). The molecule has 0 atom stereocenters. The van der Waals surface area contributed by atoms with E-state index in [1.165, 1.54) is 0 Å². The van der Waals surface area contributed by atoms with Crippen LogP contribution in [0.5, 0.6) is 5.75 Å². The van der Waals surface area contributed by atoms with Gasteiger partial charge in [-0.15, -0.1) is 0 Å². The number of phenolic OH excluding ortho intramolecular Hbond substituents is 1. The predicted molar refractivity (Wildman–Crippen MR) is 93.2 cm³/mol. The van der Waals surface area contributed by atoms with Crippen LogP contribution in [0.4, 0.5) is 0 Å². The Kier molecular flexibility index (Phi) is 3.74. The van der Waals surface area contributed by atoms with E-state index >= 15 is 0 Å². The summed E-state index contributed by atoms with van der Waals surface area (Å²) < 4.78 is 2.02. The van der Waals surface area contributed by atoms with Gasteiger partial charge in [-0.1, -0.05) is 83.3 Å². The van der Waals surface area contributed by atoms with Crippen LogP contribution in [0.2, 0.25) is 0 Å². The molecule has 0 saturated heterocycles. The molecule has 0 aromatic heterocycles. The smallest absolute Gasteiger partial charge is 0.124 e. The maximum atomic E-state index is 10.3. The van der Waals surface area contributed by atoms with Crippen LogP contribution in [0.15, 0.2) is 70.8 Å². The Balaban J connectivity index is 2.31. The van der Waals surface area contributed by atoms with E-state index in [-0.39, 0.29) is 0 Å². The van der Waals surface area contributed by atoms with Gasteiger partial charge in [-0.2, -0.15) is 0 Å². The molecule has 3 aromatic carbocycles. The molecule has 0 saturated carbocycles. The van der Waals surface area contributed by atoms with Gasteiger partial charge in [0.25, 0.3) is 0 Å². The van der Waals surface area contributed by atoms with Crippen LogP contribution in [-0.4, -0.2) is 5.11 Å². The number of hydrogen-bond donors (Lipinski definition) is 1. The third kappa shape index (κ3) is 2.31. The first-order valence-electron chi connectivity index (χ1n) is 6.38. The van der Waals surface area contributed by atoms with Gasteiger partial charge in [0.05, 0.1) is 0 Å². The van der Waals surface area contributed by atoms with Crippen molar-refractivity contribution in [3.05, 3.63) is 81.9 Å². The Labute approximate surface area is 131 Å². The monoisotopic (exact) mass is 372 g/mol.